The summed E-state index contributed by atoms with van der Waals surface area (Å²) in [5.74, 6) is 1.04. The number of aliphatic imine (C=N–C) groups is 1. The summed E-state index contributed by atoms with van der Waals surface area (Å²) in [4.78, 5) is 4.62. The monoisotopic (exact) mass is 439 g/mol. The maximum Gasteiger partial charge on any atom is 0.232 e. The summed E-state index contributed by atoms with van der Waals surface area (Å²) in [5.41, 5.74) is 1.27. The summed E-state index contributed by atoms with van der Waals surface area (Å²) >= 11 is 0. The highest BCUT2D eigenvalue weighted by Gasteiger charge is 2.33. The highest BCUT2D eigenvalue weighted by molar-refractivity contribution is 5.89. The molecule has 1 aliphatic heterocycles. The molecule has 0 bridgehead atoms. The first-order chi connectivity index (χ1) is 15.8. The zero-order valence-corrected chi connectivity index (χ0v) is 20.6. The molecule has 1 atom stereocenters. The highest BCUT2D eigenvalue weighted by atomic mass is 16.3. The van der Waals surface area contributed by atoms with Crippen molar-refractivity contribution in [2.75, 3.05) is 13.2 Å². The minimum Gasteiger partial charge on any atom is -0.390 e. The van der Waals surface area contributed by atoms with Crippen molar-refractivity contribution in [2.45, 2.75) is 103 Å². The second-order valence-electron chi connectivity index (χ2n) is 9.34. The lowest BCUT2D eigenvalue weighted by atomic mass is 10.0. The number of aliphatic hydroxyl groups is 1. The first-order valence-corrected chi connectivity index (χ1v) is 13.2. The summed E-state index contributed by atoms with van der Waals surface area (Å²) in [7, 11) is 0. The molecule has 1 unspecified atom stereocenters. The number of hydrogen-bond acceptors (Lipinski definition) is 2. The molecule has 1 aromatic carbocycles. The van der Waals surface area contributed by atoms with Gasteiger partial charge in [-0.2, -0.15) is 4.99 Å². The lowest BCUT2D eigenvalue weighted by molar-refractivity contribution is -0.800. The number of unbranched alkanes of at least 4 members (excludes halogenated alkanes) is 13. The second-order valence-corrected chi connectivity index (χ2v) is 9.34. The molecule has 3 heteroatoms. The van der Waals surface area contributed by atoms with Crippen molar-refractivity contribution < 1.29 is 9.59 Å². The Balaban J connectivity index is 1.56. The van der Waals surface area contributed by atoms with E-state index >= 15 is 0 Å². The first-order valence-electron chi connectivity index (χ1n) is 13.2. The van der Waals surface area contributed by atoms with Gasteiger partial charge in [-0.1, -0.05) is 120 Å². The summed E-state index contributed by atoms with van der Waals surface area (Å²) in [5, 5.41) is 9.66. The lowest BCUT2D eigenvalue weighted by Crippen LogP contribution is -2.46. The van der Waals surface area contributed by atoms with Gasteiger partial charge in [0.2, 0.25) is 5.84 Å². The molecule has 0 saturated carbocycles. The van der Waals surface area contributed by atoms with Gasteiger partial charge < -0.3 is 5.11 Å². The zero-order valence-electron chi connectivity index (χ0n) is 20.6. The van der Waals surface area contributed by atoms with Crippen molar-refractivity contribution in [3.8, 4) is 0 Å². The molecule has 2 rings (SSSR count). The summed E-state index contributed by atoms with van der Waals surface area (Å²) in [6.45, 7) is 3.93. The third kappa shape index (κ3) is 10.3. The van der Waals surface area contributed by atoms with E-state index in [4.69, 9.17) is 0 Å². The molecule has 32 heavy (non-hydrogen) atoms. The molecule has 1 heterocycles. The summed E-state index contributed by atoms with van der Waals surface area (Å²) in [6.07, 6.45) is 27.7. The van der Waals surface area contributed by atoms with Crippen molar-refractivity contribution in [2.24, 2.45) is 4.99 Å². The number of allylic oxidation sites excluding steroid dienone is 1. The van der Waals surface area contributed by atoms with E-state index in [1.165, 1.54) is 89.0 Å². The number of benzene rings is 1. The Morgan fingerprint density at radius 1 is 0.812 bits per heavy atom. The molecule has 0 fully saturated rings. The average Bonchev–Trinajstić information content (AvgIpc) is 3.19. The van der Waals surface area contributed by atoms with Crippen LogP contribution in [-0.4, -0.2) is 28.6 Å². The van der Waals surface area contributed by atoms with Crippen LogP contribution in [0.4, 0.5) is 0 Å². The molecule has 0 saturated heterocycles. The van der Waals surface area contributed by atoms with E-state index in [-0.39, 0.29) is 6.61 Å². The average molecular weight is 440 g/mol. The lowest BCUT2D eigenvalue weighted by Gasteiger charge is -2.30. The van der Waals surface area contributed by atoms with Gasteiger partial charge in [-0.05, 0) is 12.8 Å². The Kier molecular flexibility index (Phi) is 14.0. The van der Waals surface area contributed by atoms with Gasteiger partial charge in [0.15, 0.2) is 0 Å². The normalized spacial score (nSPS) is 18.0. The molecule has 1 aromatic rings. The molecule has 178 valence electrons. The Labute approximate surface area is 197 Å². The number of aliphatic hydroxyl groups excluding tert-OH is 1. The van der Waals surface area contributed by atoms with Gasteiger partial charge in [-0.25, -0.2) is 4.48 Å². The molecule has 1 N–H and O–H groups in total. The molecule has 3 nitrogen and oxygen atoms in total. The molecule has 0 radical (unpaired) electrons. The maximum atomic E-state index is 9.66. The second kappa shape index (κ2) is 16.9. The van der Waals surface area contributed by atoms with Gasteiger partial charge in [0.1, 0.15) is 19.3 Å². The minimum atomic E-state index is 0.156. The maximum absolute atomic E-state index is 9.66. The molecule has 0 amide bonds. The highest BCUT2D eigenvalue weighted by Crippen LogP contribution is 2.23. The van der Waals surface area contributed by atoms with E-state index in [0.29, 0.717) is 11.0 Å². The summed E-state index contributed by atoms with van der Waals surface area (Å²) < 4.78 is 0.607. The third-order valence-corrected chi connectivity index (χ3v) is 6.56. The van der Waals surface area contributed by atoms with Crippen LogP contribution in [0.3, 0.4) is 0 Å². The van der Waals surface area contributed by atoms with Gasteiger partial charge in [0.25, 0.3) is 0 Å². The van der Waals surface area contributed by atoms with E-state index in [2.05, 4.69) is 54.5 Å². The van der Waals surface area contributed by atoms with Crippen molar-refractivity contribution in [1.29, 1.82) is 0 Å². The van der Waals surface area contributed by atoms with E-state index in [1.807, 2.05) is 12.3 Å². The quantitative estimate of drug-likeness (QED) is 0.172. The Hall–Kier alpha value is -1.71. The number of hydrogen-bond donors (Lipinski definition) is 1. The zero-order chi connectivity index (χ0) is 22.7. The van der Waals surface area contributed by atoms with Gasteiger partial charge >= 0.3 is 0 Å². The number of amidine groups is 1. The molecular formula is C29H47N2O+. The predicted molar refractivity (Wildman–Crippen MR) is 138 cm³/mol. The Morgan fingerprint density at radius 3 is 2.00 bits per heavy atom. The van der Waals surface area contributed by atoms with Crippen molar-refractivity contribution in [1.82, 2.24) is 0 Å². The van der Waals surface area contributed by atoms with Crippen molar-refractivity contribution in [3.63, 3.8) is 0 Å². The smallest absolute Gasteiger partial charge is 0.232 e. The predicted octanol–water partition coefficient (Wildman–Crippen LogP) is 7.92. The van der Waals surface area contributed by atoms with Gasteiger partial charge in [0.05, 0.1) is 12.8 Å². The standard InChI is InChI=1S/C29H47N2O/c1-2-3-4-5-6-7-8-9-10-11-12-13-14-15-19-22-29-30-23-24-31(29,25-26-32)27-28-20-17-16-18-21-28/h16-24,32H,2-15,25-27H2,1H3/q+1. The summed E-state index contributed by atoms with van der Waals surface area (Å²) in [6, 6.07) is 10.5. The topological polar surface area (TPSA) is 32.6 Å². The van der Waals surface area contributed by atoms with Crippen LogP contribution in [0.1, 0.15) is 102 Å². The number of quaternary nitrogens is 1. The third-order valence-electron chi connectivity index (χ3n) is 6.56. The van der Waals surface area contributed by atoms with Crippen LogP contribution >= 0.6 is 0 Å². The van der Waals surface area contributed by atoms with E-state index in [1.54, 1.807) is 0 Å². The Morgan fingerprint density at radius 2 is 1.41 bits per heavy atom. The van der Waals surface area contributed by atoms with Crippen LogP contribution < -0.4 is 0 Å². The van der Waals surface area contributed by atoms with Crippen molar-refractivity contribution in [3.05, 3.63) is 60.4 Å². The fourth-order valence-electron chi connectivity index (χ4n) is 4.58. The van der Waals surface area contributed by atoms with Crippen LogP contribution in [0.15, 0.2) is 59.9 Å². The van der Waals surface area contributed by atoms with Crippen LogP contribution in [0, 0.1) is 0 Å². The van der Waals surface area contributed by atoms with Crippen LogP contribution in [0.2, 0.25) is 0 Å². The minimum absolute atomic E-state index is 0.156. The van der Waals surface area contributed by atoms with Crippen molar-refractivity contribution >= 4 is 5.84 Å². The fourth-order valence-corrected chi connectivity index (χ4v) is 4.58. The van der Waals surface area contributed by atoms with Crippen LogP contribution in [-0.2, 0) is 6.54 Å². The molecule has 0 spiro atoms. The fraction of sp³-hybridized carbons (Fsp3) is 0.621. The van der Waals surface area contributed by atoms with E-state index < -0.39 is 0 Å². The van der Waals surface area contributed by atoms with Crippen LogP contribution in [0.25, 0.3) is 0 Å². The van der Waals surface area contributed by atoms with Gasteiger partial charge in [-0.3, -0.25) is 0 Å². The first kappa shape index (κ1) is 26.5. The van der Waals surface area contributed by atoms with E-state index in [9.17, 15) is 5.11 Å². The van der Waals surface area contributed by atoms with E-state index in [0.717, 1.165) is 18.8 Å². The molecular weight excluding hydrogens is 392 g/mol. The number of nitrogens with zero attached hydrogens (tertiary/aromatic N) is 2. The largest absolute Gasteiger partial charge is 0.390 e. The molecule has 0 aliphatic carbocycles. The Bertz CT molecular complexity index is 680. The van der Waals surface area contributed by atoms with Gasteiger partial charge in [-0.15, -0.1) is 0 Å². The number of rotatable bonds is 19. The SMILES string of the molecule is CCCCCCCCCCCCCCCC=CC1=NC=C[N+]1(CCO)Cc1ccccc1. The molecule has 0 aromatic heterocycles. The van der Waals surface area contributed by atoms with Crippen LogP contribution in [0.5, 0.6) is 0 Å². The van der Waals surface area contributed by atoms with Gasteiger partial charge in [0, 0.05) is 11.6 Å². The molecule has 1 aliphatic rings.